The summed E-state index contributed by atoms with van der Waals surface area (Å²) in [5, 5.41) is 3.63. The van der Waals surface area contributed by atoms with Gasteiger partial charge >= 0.3 is 0 Å². The molecule has 0 spiro atoms. The number of rotatable bonds is 6. The molecule has 0 saturated carbocycles. The Hall–Kier alpha value is -2.66. The van der Waals surface area contributed by atoms with Gasteiger partial charge in [-0.1, -0.05) is 67.2 Å². The summed E-state index contributed by atoms with van der Waals surface area (Å²) < 4.78 is 0. The van der Waals surface area contributed by atoms with Crippen molar-refractivity contribution >= 4 is 23.4 Å². The molecule has 1 unspecified atom stereocenters. The molecule has 0 saturated heterocycles. The van der Waals surface area contributed by atoms with Crippen molar-refractivity contribution in [1.82, 2.24) is 9.97 Å². The van der Waals surface area contributed by atoms with Crippen LogP contribution in [-0.4, -0.2) is 21.1 Å². The molecule has 2 aromatic carbocycles. The Bertz CT molecular complexity index is 928. The first-order chi connectivity index (χ1) is 13.1. The highest BCUT2D eigenvalue weighted by molar-refractivity contribution is 8.00. The minimum atomic E-state index is -0.220. The number of nitrogens with zero attached hydrogens (tertiary/aromatic N) is 2. The van der Waals surface area contributed by atoms with Gasteiger partial charge < -0.3 is 5.32 Å². The molecule has 138 valence electrons. The minimum absolute atomic E-state index is 0.00525. The first-order valence-corrected chi connectivity index (χ1v) is 9.89. The van der Waals surface area contributed by atoms with E-state index < -0.39 is 0 Å². The Morgan fingerprint density at radius 2 is 1.74 bits per heavy atom. The van der Waals surface area contributed by atoms with Crippen molar-refractivity contribution < 1.29 is 4.79 Å². The summed E-state index contributed by atoms with van der Waals surface area (Å²) in [6.45, 7) is 5.88. The van der Waals surface area contributed by atoms with Crippen LogP contribution in [0.3, 0.4) is 0 Å². The lowest BCUT2D eigenvalue weighted by molar-refractivity contribution is -0.115. The number of hydrogen-bond acceptors (Lipinski definition) is 4. The molecule has 0 bridgehead atoms. The molecule has 0 aliphatic carbocycles. The second-order valence-electron chi connectivity index (χ2n) is 6.32. The van der Waals surface area contributed by atoms with Gasteiger partial charge in [0.05, 0.1) is 10.9 Å². The van der Waals surface area contributed by atoms with E-state index in [2.05, 4.69) is 15.3 Å². The number of aryl methyl sites for hydroxylation is 2. The number of para-hydroxylation sites is 1. The van der Waals surface area contributed by atoms with Crippen LogP contribution in [0.25, 0.3) is 11.3 Å². The number of amides is 1. The van der Waals surface area contributed by atoms with Gasteiger partial charge in [-0.2, -0.15) is 0 Å². The number of thioether (sulfide) groups is 1. The zero-order valence-corrected chi connectivity index (χ0v) is 16.6. The molecular formula is C22H23N3OS. The summed E-state index contributed by atoms with van der Waals surface area (Å²) in [6.07, 6.45) is 0.714. The lowest BCUT2D eigenvalue weighted by Gasteiger charge is -2.16. The topological polar surface area (TPSA) is 54.9 Å². The molecule has 1 aromatic heterocycles. The van der Waals surface area contributed by atoms with Gasteiger partial charge in [0.2, 0.25) is 5.91 Å². The molecule has 0 radical (unpaired) electrons. The van der Waals surface area contributed by atoms with Gasteiger partial charge in [-0.15, -0.1) is 0 Å². The van der Waals surface area contributed by atoms with E-state index in [9.17, 15) is 4.79 Å². The highest BCUT2D eigenvalue weighted by Gasteiger charge is 2.20. The van der Waals surface area contributed by atoms with Crippen LogP contribution in [0.15, 0.2) is 65.7 Å². The van der Waals surface area contributed by atoms with E-state index in [1.165, 1.54) is 11.8 Å². The fraction of sp³-hybridized carbons (Fsp3) is 0.227. The number of nitrogens with one attached hydrogen (secondary N) is 1. The standard InChI is InChI=1S/C22H23N3OS/c1-4-20(22(26)25-18-13-9-8-10-15(18)2)27-21-14-19(23-16(3)24-21)17-11-6-5-7-12-17/h5-14,20H,4H2,1-3H3,(H,25,26). The Kier molecular flexibility index (Phi) is 6.24. The molecule has 5 heteroatoms. The molecule has 1 heterocycles. The summed E-state index contributed by atoms with van der Waals surface area (Å²) in [4.78, 5) is 21.8. The van der Waals surface area contributed by atoms with E-state index in [0.717, 1.165) is 27.5 Å². The number of anilines is 1. The van der Waals surface area contributed by atoms with Gasteiger partial charge in [0.1, 0.15) is 10.9 Å². The third-order valence-corrected chi connectivity index (χ3v) is 5.50. The molecule has 3 rings (SSSR count). The summed E-state index contributed by atoms with van der Waals surface area (Å²) in [6, 6.07) is 19.8. The summed E-state index contributed by atoms with van der Waals surface area (Å²) in [5.74, 6) is 0.697. The monoisotopic (exact) mass is 377 g/mol. The summed E-state index contributed by atoms with van der Waals surface area (Å²) >= 11 is 1.48. The van der Waals surface area contributed by atoms with Gasteiger partial charge in [0.15, 0.2) is 0 Å². The van der Waals surface area contributed by atoms with E-state index in [1.54, 1.807) is 0 Å². The third kappa shape index (κ3) is 4.95. The lowest BCUT2D eigenvalue weighted by Crippen LogP contribution is -2.25. The molecule has 27 heavy (non-hydrogen) atoms. The third-order valence-electron chi connectivity index (χ3n) is 4.21. The van der Waals surface area contributed by atoms with Gasteiger partial charge in [0.25, 0.3) is 0 Å². The molecule has 1 N–H and O–H groups in total. The summed E-state index contributed by atoms with van der Waals surface area (Å²) in [5.41, 5.74) is 3.82. The van der Waals surface area contributed by atoms with Crippen LogP contribution in [0.1, 0.15) is 24.7 Å². The smallest absolute Gasteiger partial charge is 0.237 e. The fourth-order valence-electron chi connectivity index (χ4n) is 2.75. The van der Waals surface area contributed by atoms with Gasteiger partial charge in [-0.05, 0) is 38.0 Å². The SMILES string of the molecule is CCC(Sc1cc(-c2ccccc2)nc(C)n1)C(=O)Nc1ccccc1C. The number of benzene rings is 2. The maximum Gasteiger partial charge on any atom is 0.237 e. The van der Waals surface area contributed by atoms with Crippen LogP contribution in [-0.2, 0) is 4.79 Å². The van der Waals surface area contributed by atoms with E-state index in [-0.39, 0.29) is 11.2 Å². The fourth-order valence-corrected chi connectivity index (χ4v) is 3.74. The molecule has 0 fully saturated rings. The van der Waals surface area contributed by atoms with Crippen molar-refractivity contribution in [2.24, 2.45) is 0 Å². The Morgan fingerprint density at radius 1 is 1.04 bits per heavy atom. The second-order valence-corrected chi connectivity index (χ2v) is 7.55. The number of aromatic nitrogens is 2. The Labute approximate surface area is 164 Å². The van der Waals surface area contributed by atoms with E-state index in [1.807, 2.05) is 81.4 Å². The Balaban J connectivity index is 1.79. The van der Waals surface area contributed by atoms with Gasteiger partial charge in [-0.25, -0.2) is 9.97 Å². The van der Waals surface area contributed by atoms with Crippen LogP contribution < -0.4 is 5.32 Å². The van der Waals surface area contributed by atoms with Crippen molar-refractivity contribution in [2.75, 3.05) is 5.32 Å². The second kappa shape index (κ2) is 8.82. The van der Waals surface area contributed by atoms with Crippen molar-refractivity contribution in [3.8, 4) is 11.3 Å². The lowest BCUT2D eigenvalue weighted by atomic mass is 10.1. The number of hydrogen-bond donors (Lipinski definition) is 1. The summed E-state index contributed by atoms with van der Waals surface area (Å²) in [7, 11) is 0. The highest BCUT2D eigenvalue weighted by Crippen LogP contribution is 2.28. The molecule has 4 nitrogen and oxygen atoms in total. The largest absolute Gasteiger partial charge is 0.325 e. The minimum Gasteiger partial charge on any atom is -0.325 e. The molecule has 1 amide bonds. The first-order valence-electron chi connectivity index (χ1n) is 9.01. The molecule has 3 aromatic rings. The zero-order valence-electron chi connectivity index (χ0n) is 15.8. The van der Waals surface area contributed by atoms with Crippen LogP contribution >= 0.6 is 11.8 Å². The molecule has 1 atom stereocenters. The average molecular weight is 378 g/mol. The van der Waals surface area contributed by atoms with Crippen molar-refractivity contribution in [3.05, 3.63) is 72.1 Å². The quantitative estimate of drug-likeness (QED) is 0.470. The van der Waals surface area contributed by atoms with Crippen molar-refractivity contribution in [2.45, 2.75) is 37.5 Å². The average Bonchev–Trinajstić information content (AvgIpc) is 2.68. The number of carbonyl (C=O) groups excluding carboxylic acids is 1. The molecule has 0 aliphatic heterocycles. The maximum absolute atomic E-state index is 12.8. The maximum atomic E-state index is 12.8. The van der Waals surface area contributed by atoms with E-state index >= 15 is 0 Å². The number of carbonyl (C=O) groups is 1. The van der Waals surface area contributed by atoms with Crippen LogP contribution in [0.5, 0.6) is 0 Å². The molecular weight excluding hydrogens is 354 g/mol. The van der Waals surface area contributed by atoms with Crippen molar-refractivity contribution in [3.63, 3.8) is 0 Å². The van der Waals surface area contributed by atoms with Crippen LogP contribution in [0.2, 0.25) is 0 Å². The van der Waals surface area contributed by atoms with Gasteiger partial charge in [-0.3, -0.25) is 4.79 Å². The van der Waals surface area contributed by atoms with Crippen LogP contribution in [0.4, 0.5) is 5.69 Å². The Morgan fingerprint density at radius 3 is 2.44 bits per heavy atom. The predicted octanol–water partition coefficient (Wildman–Crippen LogP) is 5.27. The van der Waals surface area contributed by atoms with E-state index in [4.69, 9.17) is 0 Å². The predicted molar refractivity (Wildman–Crippen MR) is 112 cm³/mol. The van der Waals surface area contributed by atoms with E-state index in [0.29, 0.717) is 12.2 Å². The van der Waals surface area contributed by atoms with Crippen LogP contribution in [0, 0.1) is 13.8 Å². The van der Waals surface area contributed by atoms with Crippen molar-refractivity contribution in [1.29, 1.82) is 0 Å². The zero-order chi connectivity index (χ0) is 19.2. The molecule has 0 aliphatic rings. The normalized spacial score (nSPS) is 11.8. The first kappa shape index (κ1) is 19.1. The highest BCUT2D eigenvalue weighted by atomic mass is 32.2. The van der Waals surface area contributed by atoms with Gasteiger partial charge in [0, 0.05) is 11.3 Å².